The van der Waals surface area contributed by atoms with Crippen molar-refractivity contribution in [2.75, 3.05) is 33.5 Å². The van der Waals surface area contributed by atoms with E-state index in [1.54, 1.807) is 37.4 Å². The quantitative estimate of drug-likeness (QED) is 0.198. The summed E-state index contributed by atoms with van der Waals surface area (Å²) in [6, 6.07) is 19.3. The maximum Gasteiger partial charge on any atom is 0.295 e. The number of benzene rings is 3. The van der Waals surface area contributed by atoms with Crippen molar-refractivity contribution in [2.45, 2.75) is 32.7 Å². The molecule has 0 unspecified atom stereocenters. The predicted octanol–water partition coefficient (Wildman–Crippen LogP) is 5.56. The summed E-state index contributed by atoms with van der Waals surface area (Å²) in [6.45, 7) is 5.89. The van der Waals surface area contributed by atoms with Crippen LogP contribution in [-0.4, -0.2) is 55.2 Å². The Kier molecular flexibility index (Phi) is 8.47. The number of ether oxygens (including phenoxy) is 4. The van der Waals surface area contributed by atoms with Crippen molar-refractivity contribution in [1.29, 1.82) is 0 Å². The number of hydrogen-bond acceptors (Lipinski definition) is 7. The number of amides is 1. The number of aliphatic hydroxyl groups is 1. The van der Waals surface area contributed by atoms with Crippen LogP contribution in [0.1, 0.15) is 43.0 Å². The summed E-state index contributed by atoms with van der Waals surface area (Å²) >= 11 is 0. The number of aliphatic hydroxyl groups excluding tert-OH is 1. The minimum Gasteiger partial charge on any atom is -0.507 e. The van der Waals surface area contributed by atoms with Crippen LogP contribution in [0.5, 0.6) is 23.0 Å². The first-order valence-corrected chi connectivity index (χ1v) is 13.9. The van der Waals surface area contributed by atoms with E-state index in [4.69, 9.17) is 18.9 Å². The van der Waals surface area contributed by atoms with Crippen molar-refractivity contribution in [3.63, 3.8) is 0 Å². The Morgan fingerprint density at radius 3 is 2.46 bits per heavy atom. The zero-order valence-electron chi connectivity index (χ0n) is 23.6. The molecule has 1 N–H and O–H groups in total. The Hall–Kier alpha value is -4.46. The number of Topliss-reactive ketones (excluding diaryl/α,β-unsaturated/α-hetero) is 1. The molecule has 2 heterocycles. The van der Waals surface area contributed by atoms with Gasteiger partial charge in [-0.1, -0.05) is 50.2 Å². The molecular weight excluding hydrogens is 522 g/mol. The van der Waals surface area contributed by atoms with Crippen molar-refractivity contribution in [2.24, 2.45) is 5.92 Å². The largest absolute Gasteiger partial charge is 0.507 e. The van der Waals surface area contributed by atoms with Crippen LogP contribution in [0, 0.1) is 5.92 Å². The highest BCUT2D eigenvalue weighted by Gasteiger charge is 2.46. The van der Waals surface area contributed by atoms with Gasteiger partial charge in [-0.2, -0.15) is 0 Å². The Balaban J connectivity index is 1.55. The van der Waals surface area contributed by atoms with Gasteiger partial charge in [-0.3, -0.25) is 9.59 Å². The molecule has 0 aliphatic carbocycles. The molecule has 3 aromatic rings. The summed E-state index contributed by atoms with van der Waals surface area (Å²) < 4.78 is 22.9. The van der Waals surface area contributed by atoms with Crippen molar-refractivity contribution in [1.82, 2.24) is 4.90 Å². The summed E-state index contributed by atoms with van der Waals surface area (Å²) in [7, 11) is 1.55. The molecule has 8 nitrogen and oxygen atoms in total. The van der Waals surface area contributed by atoms with E-state index in [1.165, 1.54) is 4.90 Å². The van der Waals surface area contributed by atoms with Crippen LogP contribution >= 0.6 is 0 Å². The second-order valence-electron chi connectivity index (χ2n) is 10.5. The molecule has 0 aromatic heterocycles. The zero-order valence-corrected chi connectivity index (χ0v) is 23.6. The van der Waals surface area contributed by atoms with Gasteiger partial charge in [0.05, 0.1) is 25.3 Å². The number of methoxy groups -OCH3 is 1. The summed E-state index contributed by atoms with van der Waals surface area (Å²) in [5.41, 5.74) is 2.03. The van der Waals surface area contributed by atoms with E-state index in [0.717, 1.165) is 12.0 Å². The smallest absolute Gasteiger partial charge is 0.295 e. The first-order valence-electron chi connectivity index (χ1n) is 13.9. The molecule has 214 valence electrons. The first-order chi connectivity index (χ1) is 19.9. The molecule has 8 heteroatoms. The van der Waals surface area contributed by atoms with Crippen molar-refractivity contribution < 1.29 is 33.6 Å². The zero-order chi connectivity index (χ0) is 28.9. The number of nitrogens with zero attached hydrogens (tertiary/aromatic N) is 1. The average Bonchev–Trinajstić information content (AvgIpc) is 3.24. The van der Waals surface area contributed by atoms with Crippen LogP contribution in [0.25, 0.3) is 5.76 Å². The highest BCUT2D eigenvalue weighted by Crippen LogP contribution is 2.43. The summed E-state index contributed by atoms with van der Waals surface area (Å²) in [6.07, 6.45) is 1.43. The topological polar surface area (TPSA) is 94.5 Å². The average molecular weight is 558 g/mol. The van der Waals surface area contributed by atoms with Crippen molar-refractivity contribution in [3.05, 3.63) is 89.0 Å². The lowest BCUT2D eigenvalue weighted by Crippen LogP contribution is -2.31. The number of rotatable bonds is 10. The Morgan fingerprint density at radius 1 is 0.976 bits per heavy atom. The fourth-order valence-electron chi connectivity index (χ4n) is 5.08. The second kappa shape index (κ2) is 12.4. The molecule has 3 aromatic carbocycles. The molecule has 0 radical (unpaired) electrons. The van der Waals surface area contributed by atoms with Crippen LogP contribution in [0.4, 0.5) is 0 Å². The molecule has 0 spiro atoms. The van der Waals surface area contributed by atoms with Gasteiger partial charge < -0.3 is 29.0 Å². The molecule has 1 atom stereocenters. The van der Waals surface area contributed by atoms with E-state index in [1.807, 2.05) is 36.4 Å². The number of carbonyl (C=O) groups excluding carboxylic acids is 2. The van der Waals surface area contributed by atoms with Crippen LogP contribution in [0.3, 0.4) is 0 Å². The summed E-state index contributed by atoms with van der Waals surface area (Å²) in [5, 5.41) is 11.5. The van der Waals surface area contributed by atoms with Gasteiger partial charge in [-0.15, -0.1) is 0 Å². The number of likely N-dealkylation sites (tertiary alicyclic amines) is 1. The third-order valence-corrected chi connectivity index (χ3v) is 7.30. The van der Waals surface area contributed by atoms with Crippen LogP contribution in [0.15, 0.2) is 72.3 Å². The van der Waals surface area contributed by atoms with Gasteiger partial charge in [0.15, 0.2) is 23.0 Å². The van der Waals surface area contributed by atoms with E-state index >= 15 is 0 Å². The predicted molar refractivity (Wildman–Crippen MR) is 155 cm³/mol. The lowest BCUT2D eigenvalue weighted by atomic mass is 9.94. The van der Waals surface area contributed by atoms with Gasteiger partial charge in [0.25, 0.3) is 11.7 Å². The van der Waals surface area contributed by atoms with Crippen LogP contribution in [-0.2, 0) is 16.0 Å². The second-order valence-corrected chi connectivity index (χ2v) is 10.5. The summed E-state index contributed by atoms with van der Waals surface area (Å²) in [4.78, 5) is 28.5. The molecule has 1 amide bonds. The van der Waals surface area contributed by atoms with Gasteiger partial charge in [-0.05, 0) is 60.2 Å². The molecule has 1 saturated heterocycles. The SMILES string of the molecule is COc1cc([C@@H]2/C(=C(\O)c3ccc4c(c3)OCCO4)C(=O)C(=O)N2CCc2ccccc2)ccc1OCCC(C)C. The summed E-state index contributed by atoms with van der Waals surface area (Å²) in [5.74, 6) is 0.899. The number of hydrogen-bond donors (Lipinski definition) is 1. The Morgan fingerprint density at radius 2 is 1.73 bits per heavy atom. The molecule has 2 aliphatic heterocycles. The van der Waals surface area contributed by atoms with Crippen molar-refractivity contribution in [3.8, 4) is 23.0 Å². The van der Waals surface area contributed by atoms with E-state index in [-0.39, 0.29) is 17.9 Å². The molecule has 1 fully saturated rings. The monoisotopic (exact) mass is 557 g/mol. The third kappa shape index (κ3) is 6.01. The van der Waals surface area contributed by atoms with E-state index in [0.29, 0.717) is 66.3 Å². The number of ketones is 1. The molecule has 2 aliphatic rings. The fraction of sp³-hybridized carbons (Fsp3) is 0.333. The maximum atomic E-state index is 13.5. The molecule has 0 saturated carbocycles. The normalized spacial score (nSPS) is 17.7. The van der Waals surface area contributed by atoms with E-state index in [9.17, 15) is 14.7 Å². The minimum atomic E-state index is -0.828. The fourth-order valence-corrected chi connectivity index (χ4v) is 5.08. The molecule has 5 rings (SSSR count). The van der Waals surface area contributed by atoms with Gasteiger partial charge in [-0.25, -0.2) is 0 Å². The van der Waals surface area contributed by atoms with E-state index in [2.05, 4.69) is 13.8 Å². The van der Waals surface area contributed by atoms with Gasteiger partial charge in [0, 0.05) is 12.1 Å². The van der Waals surface area contributed by atoms with Crippen LogP contribution in [0.2, 0.25) is 0 Å². The highest BCUT2D eigenvalue weighted by molar-refractivity contribution is 6.46. The lowest BCUT2D eigenvalue weighted by Gasteiger charge is -2.26. The van der Waals surface area contributed by atoms with Gasteiger partial charge >= 0.3 is 0 Å². The molecular formula is C33H35NO7. The molecule has 41 heavy (non-hydrogen) atoms. The first kappa shape index (κ1) is 28.1. The van der Waals surface area contributed by atoms with Crippen LogP contribution < -0.4 is 18.9 Å². The minimum absolute atomic E-state index is 0.00951. The lowest BCUT2D eigenvalue weighted by molar-refractivity contribution is -0.139. The molecule has 0 bridgehead atoms. The van der Waals surface area contributed by atoms with E-state index < -0.39 is 17.7 Å². The number of carbonyl (C=O) groups is 2. The Bertz CT molecular complexity index is 1450. The van der Waals surface area contributed by atoms with Gasteiger partial charge in [0.1, 0.15) is 19.0 Å². The Labute approximate surface area is 240 Å². The van der Waals surface area contributed by atoms with Gasteiger partial charge in [0.2, 0.25) is 0 Å². The van der Waals surface area contributed by atoms with Crippen molar-refractivity contribution >= 4 is 17.4 Å². The highest BCUT2D eigenvalue weighted by atomic mass is 16.6. The third-order valence-electron chi connectivity index (χ3n) is 7.30. The maximum absolute atomic E-state index is 13.5. The standard InChI is InChI=1S/C33H35NO7/c1-21(2)14-16-39-25-11-9-23(19-27(25)38-3)30-29(31(35)24-10-12-26-28(20-24)41-18-17-40-26)32(36)33(37)34(30)15-13-22-7-5-4-6-8-22/h4-12,19-21,30,35H,13-18H2,1-3H3/b31-29+/t30-/m1/s1. The number of fused-ring (bicyclic) bond motifs is 1.